The summed E-state index contributed by atoms with van der Waals surface area (Å²) in [6.45, 7) is 3.29. The Morgan fingerprint density at radius 3 is 2.75 bits per heavy atom. The largest absolute Gasteiger partial charge is 0.379 e. The average Bonchev–Trinajstić information content (AvgIpc) is 2.31. The molecule has 3 nitrogen and oxygen atoms in total. The fraction of sp³-hybridized carbons (Fsp3) is 0.500. The van der Waals surface area contributed by atoms with Crippen LogP contribution in [0.2, 0.25) is 0 Å². The van der Waals surface area contributed by atoms with E-state index in [1.807, 2.05) is 6.07 Å². The minimum atomic E-state index is -0.232. The predicted octanol–water partition coefficient (Wildman–Crippen LogP) is 1.48. The van der Waals surface area contributed by atoms with Crippen molar-refractivity contribution < 1.29 is 9.13 Å². The van der Waals surface area contributed by atoms with E-state index in [0.717, 1.165) is 18.7 Å². The van der Waals surface area contributed by atoms with Crippen molar-refractivity contribution in [2.24, 2.45) is 0 Å². The number of rotatable bonds is 3. The highest BCUT2D eigenvalue weighted by Crippen LogP contribution is 2.21. The molecule has 0 aliphatic carbocycles. The third-order valence-corrected chi connectivity index (χ3v) is 2.91. The molecule has 1 aliphatic rings. The minimum Gasteiger partial charge on any atom is -0.379 e. The Hall–Kier alpha value is -0.970. The first-order valence-corrected chi connectivity index (χ1v) is 5.53. The predicted molar refractivity (Wildman–Crippen MR) is 59.5 cm³/mol. The van der Waals surface area contributed by atoms with Gasteiger partial charge in [-0.25, -0.2) is 4.39 Å². The van der Waals surface area contributed by atoms with Gasteiger partial charge < -0.3 is 4.74 Å². The number of nitrogens with zero attached hydrogens (tertiary/aromatic N) is 1. The molecule has 1 aromatic rings. The molecule has 0 bridgehead atoms. The van der Waals surface area contributed by atoms with E-state index in [-0.39, 0.29) is 18.4 Å². The van der Waals surface area contributed by atoms with Gasteiger partial charge in [0, 0.05) is 25.7 Å². The SMILES string of the molecule is [NH]CC(c1cccc(F)c1)N1CCOCC1. The van der Waals surface area contributed by atoms with Gasteiger partial charge in [0.1, 0.15) is 5.82 Å². The Morgan fingerprint density at radius 2 is 2.12 bits per heavy atom. The number of ether oxygens (including phenoxy) is 1. The molecule has 1 aliphatic heterocycles. The molecule has 0 amide bonds. The summed E-state index contributed by atoms with van der Waals surface area (Å²) >= 11 is 0. The molecule has 2 rings (SSSR count). The van der Waals surface area contributed by atoms with Gasteiger partial charge in [0.2, 0.25) is 0 Å². The molecule has 1 aromatic carbocycles. The smallest absolute Gasteiger partial charge is 0.123 e. The number of hydrogen-bond donors (Lipinski definition) is 0. The first kappa shape index (κ1) is 11.5. The average molecular weight is 223 g/mol. The molecule has 0 saturated carbocycles. The van der Waals surface area contributed by atoms with Gasteiger partial charge in [-0.1, -0.05) is 12.1 Å². The fourth-order valence-corrected chi connectivity index (χ4v) is 2.06. The van der Waals surface area contributed by atoms with Crippen LogP contribution in [0, 0.1) is 5.82 Å². The van der Waals surface area contributed by atoms with E-state index in [1.165, 1.54) is 12.1 Å². The van der Waals surface area contributed by atoms with Crippen molar-refractivity contribution >= 4 is 0 Å². The van der Waals surface area contributed by atoms with Gasteiger partial charge in [0.05, 0.1) is 13.2 Å². The normalized spacial score (nSPS) is 19.6. The van der Waals surface area contributed by atoms with Crippen molar-refractivity contribution in [1.82, 2.24) is 10.6 Å². The van der Waals surface area contributed by atoms with E-state index in [9.17, 15) is 4.39 Å². The lowest BCUT2D eigenvalue weighted by Gasteiger charge is -2.33. The Morgan fingerprint density at radius 1 is 1.38 bits per heavy atom. The second-order valence-electron chi connectivity index (χ2n) is 3.92. The van der Waals surface area contributed by atoms with Gasteiger partial charge in [-0.05, 0) is 17.7 Å². The first-order valence-electron chi connectivity index (χ1n) is 5.53. The van der Waals surface area contributed by atoms with Crippen LogP contribution in [-0.4, -0.2) is 37.7 Å². The highest BCUT2D eigenvalue weighted by atomic mass is 19.1. The lowest BCUT2D eigenvalue weighted by Crippen LogP contribution is -2.40. The van der Waals surface area contributed by atoms with E-state index < -0.39 is 0 Å². The standard InChI is InChI=1S/C12H16FN2O/c13-11-3-1-2-10(8-11)12(9-14)15-4-6-16-7-5-15/h1-3,8,12,14H,4-7,9H2. The summed E-state index contributed by atoms with van der Waals surface area (Å²) in [7, 11) is 0. The molecule has 1 N–H and O–H groups in total. The summed E-state index contributed by atoms with van der Waals surface area (Å²) in [4.78, 5) is 2.19. The van der Waals surface area contributed by atoms with E-state index in [1.54, 1.807) is 6.07 Å². The Balaban J connectivity index is 2.14. The van der Waals surface area contributed by atoms with Gasteiger partial charge in [-0.15, -0.1) is 0 Å². The third kappa shape index (κ3) is 2.58. The van der Waals surface area contributed by atoms with Crippen LogP contribution in [0.1, 0.15) is 11.6 Å². The zero-order chi connectivity index (χ0) is 11.4. The molecular formula is C12H16FN2O. The molecule has 0 aromatic heterocycles. The van der Waals surface area contributed by atoms with Crippen LogP contribution >= 0.6 is 0 Å². The molecule has 1 fully saturated rings. The lowest BCUT2D eigenvalue weighted by atomic mass is 10.0. The highest BCUT2D eigenvalue weighted by Gasteiger charge is 2.21. The summed E-state index contributed by atoms with van der Waals surface area (Å²) in [6, 6.07) is 6.53. The summed E-state index contributed by atoms with van der Waals surface area (Å²) in [5.41, 5.74) is 8.49. The van der Waals surface area contributed by atoms with Crippen LogP contribution in [-0.2, 0) is 4.74 Å². The summed E-state index contributed by atoms with van der Waals surface area (Å²) in [5.74, 6) is -0.232. The van der Waals surface area contributed by atoms with E-state index in [2.05, 4.69) is 4.90 Å². The first-order chi connectivity index (χ1) is 7.81. The van der Waals surface area contributed by atoms with Crippen molar-refractivity contribution in [2.75, 3.05) is 32.8 Å². The van der Waals surface area contributed by atoms with E-state index in [4.69, 9.17) is 10.5 Å². The van der Waals surface area contributed by atoms with Crippen molar-refractivity contribution in [1.29, 1.82) is 0 Å². The van der Waals surface area contributed by atoms with Crippen molar-refractivity contribution in [3.05, 3.63) is 35.6 Å². The summed E-state index contributed by atoms with van der Waals surface area (Å²) in [5, 5.41) is 0. The van der Waals surface area contributed by atoms with E-state index in [0.29, 0.717) is 13.2 Å². The molecule has 16 heavy (non-hydrogen) atoms. The van der Waals surface area contributed by atoms with Crippen LogP contribution in [0.5, 0.6) is 0 Å². The van der Waals surface area contributed by atoms with Gasteiger partial charge in [-0.3, -0.25) is 10.6 Å². The van der Waals surface area contributed by atoms with Crippen LogP contribution < -0.4 is 5.73 Å². The zero-order valence-electron chi connectivity index (χ0n) is 9.16. The Bertz CT molecular complexity index is 340. The van der Waals surface area contributed by atoms with Crippen LogP contribution in [0.4, 0.5) is 4.39 Å². The number of hydrogen-bond acceptors (Lipinski definition) is 2. The van der Waals surface area contributed by atoms with Crippen molar-refractivity contribution in [3.63, 3.8) is 0 Å². The molecule has 1 saturated heterocycles. The van der Waals surface area contributed by atoms with Crippen molar-refractivity contribution in [2.45, 2.75) is 6.04 Å². The van der Waals surface area contributed by atoms with Crippen molar-refractivity contribution in [3.8, 4) is 0 Å². The Labute approximate surface area is 95.0 Å². The molecule has 0 spiro atoms. The maximum Gasteiger partial charge on any atom is 0.123 e. The van der Waals surface area contributed by atoms with E-state index >= 15 is 0 Å². The number of morpholine rings is 1. The zero-order valence-corrected chi connectivity index (χ0v) is 9.16. The third-order valence-electron chi connectivity index (χ3n) is 2.91. The van der Waals surface area contributed by atoms with Crippen LogP contribution in [0.25, 0.3) is 0 Å². The van der Waals surface area contributed by atoms with Crippen LogP contribution in [0.15, 0.2) is 24.3 Å². The maximum absolute atomic E-state index is 13.1. The van der Waals surface area contributed by atoms with Gasteiger partial charge >= 0.3 is 0 Å². The second kappa shape index (κ2) is 5.39. The topological polar surface area (TPSA) is 36.3 Å². The van der Waals surface area contributed by atoms with Gasteiger partial charge in [-0.2, -0.15) is 0 Å². The van der Waals surface area contributed by atoms with Gasteiger partial charge in [0.25, 0.3) is 0 Å². The molecule has 1 radical (unpaired) electrons. The fourth-order valence-electron chi connectivity index (χ4n) is 2.06. The molecular weight excluding hydrogens is 207 g/mol. The second-order valence-corrected chi connectivity index (χ2v) is 3.92. The monoisotopic (exact) mass is 223 g/mol. The summed E-state index contributed by atoms with van der Waals surface area (Å²) in [6.07, 6.45) is 0. The molecule has 4 heteroatoms. The molecule has 1 atom stereocenters. The summed E-state index contributed by atoms with van der Waals surface area (Å²) < 4.78 is 18.4. The molecule has 1 unspecified atom stereocenters. The molecule has 1 heterocycles. The lowest BCUT2D eigenvalue weighted by molar-refractivity contribution is 0.0175. The Kier molecular flexibility index (Phi) is 3.88. The number of halogens is 1. The highest BCUT2D eigenvalue weighted by molar-refractivity contribution is 5.20. The minimum absolute atomic E-state index is 0.0143. The van der Waals surface area contributed by atoms with Crippen LogP contribution in [0.3, 0.4) is 0 Å². The number of nitrogens with one attached hydrogen (secondary N) is 1. The van der Waals surface area contributed by atoms with Gasteiger partial charge in [0.15, 0.2) is 0 Å². The quantitative estimate of drug-likeness (QED) is 0.778. The number of benzene rings is 1. The molecule has 87 valence electrons. The maximum atomic E-state index is 13.1.